The fourth-order valence-corrected chi connectivity index (χ4v) is 4.58. The molecule has 2 heterocycles. The second kappa shape index (κ2) is 10.8. The van der Waals surface area contributed by atoms with Crippen molar-refractivity contribution in [1.29, 1.82) is 5.26 Å². The molecule has 3 aromatic carbocycles. The van der Waals surface area contributed by atoms with Crippen LogP contribution in [0.4, 0.5) is 5.82 Å². The van der Waals surface area contributed by atoms with Gasteiger partial charge in [-0.15, -0.1) is 5.10 Å². The van der Waals surface area contributed by atoms with Crippen LogP contribution in [-0.4, -0.2) is 27.3 Å². The van der Waals surface area contributed by atoms with Crippen molar-refractivity contribution in [2.24, 2.45) is 4.99 Å². The number of aromatic nitrogens is 3. The fourth-order valence-electron chi connectivity index (χ4n) is 3.78. The molecule has 5 rings (SSSR count). The fraction of sp³-hybridized carbons (Fsp3) is 0.0690. The third-order valence-corrected chi connectivity index (χ3v) is 6.37. The zero-order valence-corrected chi connectivity index (χ0v) is 20.7. The van der Waals surface area contributed by atoms with E-state index in [9.17, 15) is 10.1 Å². The van der Waals surface area contributed by atoms with E-state index < -0.39 is 5.97 Å². The number of hydrogen-bond acceptors (Lipinski definition) is 7. The van der Waals surface area contributed by atoms with E-state index in [4.69, 9.17) is 14.7 Å². The second-order valence-corrected chi connectivity index (χ2v) is 8.82. The summed E-state index contributed by atoms with van der Waals surface area (Å²) in [4.78, 5) is 22.5. The van der Waals surface area contributed by atoms with Gasteiger partial charge in [-0.2, -0.15) is 10.3 Å². The number of pyridine rings is 1. The van der Waals surface area contributed by atoms with E-state index in [1.807, 2.05) is 97.1 Å². The number of rotatable bonds is 6. The number of ether oxygens (including phenoxy) is 1. The molecule has 0 atom stereocenters. The van der Waals surface area contributed by atoms with Crippen molar-refractivity contribution in [3.05, 3.63) is 112 Å². The Balaban J connectivity index is 1.79. The molecule has 0 amide bonds. The van der Waals surface area contributed by atoms with Crippen LogP contribution in [0.5, 0.6) is 0 Å². The third kappa shape index (κ3) is 5.08. The Hall–Kier alpha value is -4.87. The van der Waals surface area contributed by atoms with E-state index >= 15 is 0 Å². The molecule has 0 radical (unpaired) electrons. The summed E-state index contributed by atoms with van der Waals surface area (Å²) in [5, 5.41) is 14.8. The molecular weight excluding hydrogens is 482 g/mol. The number of nitrogens with zero attached hydrogens (tertiary/aromatic N) is 5. The molecule has 180 valence electrons. The van der Waals surface area contributed by atoms with Crippen LogP contribution in [0.1, 0.15) is 22.3 Å². The van der Waals surface area contributed by atoms with Gasteiger partial charge < -0.3 is 4.74 Å². The van der Waals surface area contributed by atoms with Crippen molar-refractivity contribution in [3.63, 3.8) is 0 Å². The van der Waals surface area contributed by atoms with Gasteiger partial charge in [0.1, 0.15) is 11.6 Å². The number of carbonyl (C=O) groups is 1. The molecule has 7 nitrogen and oxygen atoms in total. The molecule has 0 saturated carbocycles. The van der Waals surface area contributed by atoms with Gasteiger partial charge in [-0.1, -0.05) is 90.2 Å². The normalized spacial score (nSPS) is 11.2. The molecular formula is C29H21N5O2S. The summed E-state index contributed by atoms with van der Waals surface area (Å²) in [6, 6.07) is 33.0. The smallest absolute Gasteiger partial charge is 0.369 e. The number of esters is 1. The van der Waals surface area contributed by atoms with Crippen LogP contribution in [0.15, 0.2) is 102 Å². The van der Waals surface area contributed by atoms with Gasteiger partial charge in [0, 0.05) is 11.1 Å². The van der Waals surface area contributed by atoms with Gasteiger partial charge in [0.25, 0.3) is 0 Å². The molecule has 0 aliphatic heterocycles. The quantitative estimate of drug-likeness (QED) is 0.267. The summed E-state index contributed by atoms with van der Waals surface area (Å²) >= 11 is 1.08. The topological polar surface area (TPSA) is 93.2 Å². The molecule has 5 aromatic rings. The zero-order valence-electron chi connectivity index (χ0n) is 19.9. The first-order chi connectivity index (χ1) is 18.2. The van der Waals surface area contributed by atoms with Gasteiger partial charge in [0.2, 0.25) is 9.81 Å². The number of carbonyl (C=O) groups excluding carboxylic acids is 1. The Morgan fingerprint density at radius 2 is 1.59 bits per heavy atom. The number of hydrogen-bond donors (Lipinski definition) is 0. The van der Waals surface area contributed by atoms with E-state index in [1.54, 1.807) is 11.6 Å². The second-order valence-electron chi connectivity index (χ2n) is 7.87. The minimum atomic E-state index is -0.532. The molecule has 37 heavy (non-hydrogen) atoms. The van der Waals surface area contributed by atoms with E-state index in [1.165, 1.54) is 0 Å². The molecule has 0 aliphatic rings. The van der Waals surface area contributed by atoms with Crippen molar-refractivity contribution in [2.75, 3.05) is 6.61 Å². The van der Waals surface area contributed by atoms with Gasteiger partial charge >= 0.3 is 5.97 Å². The van der Waals surface area contributed by atoms with Crippen LogP contribution in [0.25, 0.3) is 28.1 Å². The molecule has 0 unspecified atom stereocenters. The summed E-state index contributed by atoms with van der Waals surface area (Å²) in [6.07, 6.45) is 0. The van der Waals surface area contributed by atoms with Crippen LogP contribution in [0, 0.1) is 11.3 Å². The zero-order chi connectivity index (χ0) is 25.6. The summed E-state index contributed by atoms with van der Waals surface area (Å²) in [7, 11) is 0. The maximum atomic E-state index is 12.5. The average molecular weight is 504 g/mol. The average Bonchev–Trinajstić information content (AvgIpc) is 3.38. The van der Waals surface area contributed by atoms with Gasteiger partial charge in [-0.3, -0.25) is 0 Å². The lowest BCUT2D eigenvalue weighted by molar-refractivity contribution is 0.0524. The van der Waals surface area contributed by atoms with Crippen LogP contribution in [-0.2, 0) is 4.74 Å². The maximum Gasteiger partial charge on any atom is 0.369 e. The van der Waals surface area contributed by atoms with Crippen molar-refractivity contribution in [1.82, 2.24) is 14.8 Å². The third-order valence-electron chi connectivity index (χ3n) is 5.48. The van der Waals surface area contributed by atoms with Gasteiger partial charge in [-0.25, -0.2) is 14.5 Å². The molecule has 0 fully saturated rings. The minimum Gasteiger partial charge on any atom is -0.461 e. The maximum absolute atomic E-state index is 12.5. The highest BCUT2D eigenvalue weighted by atomic mass is 32.1. The Labute approximate surface area is 217 Å². The largest absolute Gasteiger partial charge is 0.461 e. The number of benzene rings is 3. The van der Waals surface area contributed by atoms with E-state index in [-0.39, 0.29) is 17.4 Å². The molecule has 0 aliphatic carbocycles. The van der Waals surface area contributed by atoms with Gasteiger partial charge in [0.15, 0.2) is 5.82 Å². The molecule has 0 saturated heterocycles. The highest BCUT2D eigenvalue weighted by Crippen LogP contribution is 2.33. The molecule has 0 N–H and O–H groups in total. The monoisotopic (exact) mass is 503 g/mol. The first-order valence-corrected chi connectivity index (χ1v) is 12.4. The first kappa shape index (κ1) is 23.9. The summed E-state index contributed by atoms with van der Waals surface area (Å²) in [5.41, 5.74) is 4.22. The lowest BCUT2D eigenvalue weighted by Crippen LogP contribution is -2.14. The van der Waals surface area contributed by atoms with Crippen molar-refractivity contribution < 1.29 is 9.53 Å². The van der Waals surface area contributed by atoms with E-state index in [0.717, 1.165) is 28.0 Å². The predicted molar refractivity (Wildman–Crippen MR) is 142 cm³/mol. The SMILES string of the molecule is CCOC(=O)c1nn(-c2ccccc2)c(=Nc2nc(-c3ccccc3)cc(-c3ccccc3)c2C#N)s1. The Kier molecular flexibility index (Phi) is 6.97. The number of nitriles is 1. The highest BCUT2D eigenvalue weighted by molar-refractivity contribution is 7.10. The van der Waals surface area contributed by atoms with Gasteiger partial charge in [-0.05, 0) is 30.7 Å². The Morgan fingerprint density at radius 3 is 2.22 bits per heavy atom. The molecule has 2 aromatic heterocycles. The molecule has 8 heteroatoms. The van der Waals surface area contributed by atoms with Crippen LogP contribution >= 0.6 is 11.3 Å². The Morgan fingerprint density at radius 1 is 0.973 bits per heavy atom. The summed E-state index contributed by atoms with van der Waals surface area (Å²) in [6.45, 7) is 1.97. The predicted octanol–water partition coefficient (Wildman–Crippen LogP) is 5.94. The highest BCUT2D eigenvalue weighted by Gasteiger charge is 2.18. The Bertz CT molecular complexity index is 1650. The standard InChI is InChI=1S/C29H21N5O2S/c1-2-36-28(35)27-33-34(22-16-10-5-11-17-22)29(37-27)32-26-24(19-30)23(20-12-6-3-7-13-20)18-25(31-26)21-14-8-4-9-15-21/h3-18H,2H2,1H3. The minimum absolute atomic E-state index is 0.158. The van der Waals surface area contributed by atoms with Gasteiger partial charge in [0.05, 0.1) is 18.0 Å². The van der Waals surface area contributed by atoms with E-state index in [2.05, 4.69) is 11.2 Å². The number of para-hydroxylation sites is 1. The lowest BCUT2D eigenvalue weighted by Gasteiger charge is -2.10. The van der Waals surface area contributed by atoms with Crippen LogP contribution in [0.2, 0.25) is 0 Å². The summed E-state index contributed by atoms with van der Waals surface area (Å²) in [5.74, 6) is -0.290. The van der Waals surface area contributed by atoms with Crippen molar-refractivity contribution in [3.8, 4) is 34.1 Å². The van der Waals surface area contributed by atoms with Crippen LogP contribution in [0.3, 0.4) is 0 Å². The molecule has 0 spiro atoms. The van der Waals surface area contributed by atoms with Crippen LogP contribution < -0.4 is 4.80 Å². The van der Waals surface area contributed by atoms with Crippen molar-refractivity contribution in [2.45, 2.75) is 6.92 Å². The first-order valence-electron chi connectivity index (χ1n) is 11.6. The van der Waals surface area contributed by atoms with E-state index in [0.29, 0.717) is 21.7 Å². The molecule has 0 bridgehead atoms. The van der Waals surface area contributed by atoms with Crippen molar-refractivity contribution >= 4 is 23.1 Å². The summed E-state index contributed by atoms with van der Waals surface area (Å²) < 4.78 is 6.73. The lowest BCUT2D eigenvalue weighted by atomic mass is 9.98.